The predicted octanol–water partition coefficient (Wildman–Crippen LogP) is 0.773. The first-order chi connectivity index (χ1) is 7.93. The Hall–Kier alpha value is -1.62. The molecule has 2 heterocycles. The molecule has 0 spiro atoms. The highest BCUT2D eigenvalue weighted by molar-refractivity contribution is 5.95. The molecule has 92 valence electrons. The van der Waals surface area contributed by atoms with Crippen molar-refractivity contribution in [2.75, 3.05) is 6.54 Å². The molecule has 1 aliphatic heterocycles. The van der Waals surface area contributed by atoms with Crippen LogP contribution in [0.3, 0.4) is 0 Å². The average Bonchev–Trinajstić information content (AvgIpc) is 2.53. The molecule has 2 N–H and O–H groups in total. The SMILES string of the molecule is CC1(C)C(O)CCN1C(=O)c1cncc(O)c1. The van der Waals surface area contributed by atoms with Crippen molar-refractivity contribution in [3.8, 4) is 5.75 Å². The highest BCUT2D eigenvalue weighted by Gasteiger charge is 2.43. The van der Waals surface area contributed by atoms with E-state index in [9.17, 15) is 15.0 Å². The van der Waals surface area contributed by atoms with E-state index in [1.807, 2.05) is 13.8 Å². The van der Waals surface area contributed by atoms with Crippen LogP contribution in [0.5, 0.6) is 5.75 Å². The van der Waals surface area contributed by atoms with Crippen LogP contribution in [-0.4, -0.2) is 44.2 Å². The lowest BCUT2D eigenvalue weighted by Gasteiger charge is -2.33. The number of carbonyl (C=O) groups excluding carboxylic acids is 1. The fourth-order valence-electron chi connectivity index (χ4n) is 2.14. The average molecular weight is 236 g/mol. The Morgan fingerprint density at radius 3 is 2.76 bits per heavy atom. The van der Waals surface area contributed by atoms with Gasteiger partial charge in [-0.05, 0) is 26.3 Å². The zero-order valence-electron chi connectivity index (χ0n) is 9.92. The second-order valence-electron chi connectivity index (χ2n) is 4.85. The topological polar surface area (TPSA) is 73.7 Å². The molecule has 0 aliphatic carbocycles. The number of hydrogen-bond donors (Lipinski definition) is 2. The molecule has 1 fully saturated rings. The van der Waals surface area contributed by atoms with E-state index in [2.05, 4.69) is 4.98 Å². The fourth-order valence-corrected chi connectivity index (χ4v) is 2.14. The van der Waals surface area contributed by atoms with Gasteiger partial charge in [-0.3, -0.25) is 9.78 Å². The Morgan fingerprint density at radius 1 is 1.53 bits per heavy atom. The van der Waals surface area contributed by atoms with E-state index in [-0.39, 0.29) is 11.7 Å². The molecular weight excluding hydrogens is 220 g/mol. The van der Waals surface area contributed by atoms with Crippen LogP contribution in [0.25, 0.3) is 0 Å². The number of likely N-dealkylation sites (tertiary alicyclic amines) is 1. The number of aliphatic hydroxyl groups is 1. The molecule has 0 radical (unpaired) electrons. The molecule has 0 bridgehead atoms. The van der Waals surface area contributed by atoms with E-state index >= 15 is 0 Å². The Balaban J connectivity index is 2.27. The maximum absolute atomic E-state index is 12.2. The Bertz CT molecular complexity index is 445. The standard InChI is InChI=1S/C12H16N2O3/c1-12(2)10(16)3-4-14(12)11(17)8-5-9(15)7-13-6-8/h5-7,10,15-16H,3-4H2,1-2H3. The lowest BCUT2D eigenvalue weighted by atomic mass is 9.98. The number of amides is 1. The van der Waals surface area contributed by atoms with Crippen molar-refractivity contribution in [1.29, 1.82) is 0 Å². The number of aromatic nitrogens is 1. The summed E-state index contributed by atoms with van der Waals surface area (Å²) in [7, 11) is 0. The second kappa shape index (κ2) is 4.00. The summed E-state index contributed by atoms with van der Waals surface area (Å²) >= 11 is 0. The zero-order valence-corrected chi connectivity index (χ0v) is 9.92. The first-order valence-corrected chi connectivity index (χ1v) is 5.57. The third-order valence-electron chi connectivity index (χ3n) is 3.35. The first-order valence-electron chi connectivity index (χ1n) is 5.57. The van der Waals surface area contributed by atoms with Gasteiger partial charge in [0.2, 0.25) is 0 Å². The summed E-state index contributed by atoms with van der Waals surface area (Å²) < 4.78 is 0. The molecule has 2 rings (SSSR count). The van der Waals surface area contributed by atoms with Crippen molar-refractivity contribution in [2.24, 2.45) is 0 Å². The van der Waals surface area contributed by atoms with Crippen LogP contribution >= 0.6 is 0 Å². The van der Waals surface area contributed by atoms with Gasteiger partial charge in [0.15, 0.2) is 0 Å². The van der Waals surface area contributed by atoms with Crippen LogP contribution in [0.15, 0.2) is 18.5 Å². The summed E-state index contributed by atoms with van der Waals surface area (Å²) in [5.74, 6) is -0.247. The minimum absolute atomic E-state index is 0.0339. The number of pyridine rings is 1. The molecule has 1 aliphatic rings. The lowest BCUT2D eigenvalue weighted by Crippen LogP contribution is -2.48. The van der Waals surface area contributed by atoms with Gasteiger partial charge in [0.05, 0.1) is 23.4 Å². The molecule has 1 saturated heterocycles. The normalized spacial score (nSPS) is 22.8. The Morgan fingerprint density at radius 2 is 2.24 bits per heavy atom. The van der Waals surface area contributed by atoms with Gasteiger partial charge >= 0.3 is 0 Å². The molecule has 1 aromatic heterocycles. The van der Waals surface area contributed by atoms with E-state index in [4.69, 9.17) is 0 Å². The Kier molecular flexibility index (Phi) is 2.79. The summed E-state index contributed by atoms with van der Waals surface area (Å²) in [6.07, 6.45) is 2.76. The number of rotatable bonds is 1. The number of aliphatic hydroxyl groups excluding tert-OH is 1. The van der Waals surface area contributed by atoms with Crippen molar-refractivity contribution in [1.82, 2.24) is 9.88 Å². The first kappa shape index (κ1) is 11.9. The minimum atomic E-state index is -0.581. The summed E-state index contributed by atoms with van der Waals surface area (Å²) in [5.41, 5.74) is -0.241. The van der Waals surface area contributed by atoms with Crippen LogP contribution in [-0.2, 0) is 0 Å². The van der Waals surface area contributed by atoms with Crippen molar-refractivity contribution < 1.29 is 15.0 Å². The maximum Gasteiger partial charge on any atom is 0.256 e. The molecule has 1 aromatic rings. The highest BCUT2D eigenvalue weighted by Crippen LogP contribution is 2.30. The van der Waals surface area contributed by atoms with Gasteiger partial charge in [-0.15, -0.1) is 0 Å². The highest BCUT2D eigenvalue weighted by atomic mass is 16.3. The number of carbonyl (C=O) groups is 1. The number of aromatic hydroxyl groups is 1. The van der Waals surface area contributed by atoms with Crippen molar-refractivity contribution in [3.63, 3.8) is 0 Å². The predicted molar refractivity (Wildman–Crippen MR) is 61.6 cm³/mol. The summed E-state index contributed by atoms with van der Waals surface area (Å²) in [4.78, 5) is 17.6. The van der Waals surface area contributed by atoms with Crippen LogP contribution < -0.4 is 0 Å². The van der Waals surface area contributed by atoms with Gasteiger partial charge in [0.25, 0.3) is 5.91 Å². The van der Waals surface area contributed by atoms with Gasteiger partial charge in [-0.2, -0.15) is 0 Å². The molecule has 1 unspecified atom stereocenters. The van der Waals surface area contributed by atoms with E-state index in [0.717, 1.165) is 0 Å². The van der Waals surface area contributed by atoms with Crippen molar-refractivity contribution >= 4 is 5.91 Å². The number of hydrogen-bond acceptors (Lipinski definition) is 4. The van der Waals surface area contributed by atoms with Gasteiger partial charge in [0.1, 0.15) is 5.75 Å². The molecule has 5 nitrogen and oxygen atoms in total. The monoisotopic (exact) mass is 236 g/mol. The van der Waals surface area contributed by atoms with E-state index in [0.29, 0.717) is 18.5 Å². The van der Waals surface area contributed by atoms with Gasteiger partial charge in [-0.1, -0.05) is 0 Å². The van der Waals surface area contributed by atoms with Gasteiger partial charge in [-0.25, -0.2) is 0 Å². The largest absolute Gasteiger partial charge is 0.506 e. The fraction of sp³-hybridized carbons (Fsp3) is 0.500. The molecule has 17 heavy (non-hydrogen) atoms. The Labute approximate surface area is 99.7 Å². The van der Waals surface area contributed by atoms with Crippen LogP contribution in [0.2, 0.25) is 0 Å². The maximum atomic E-state index is 12.2. The van der Waals surface area contributed by atoms with Gasteiger partial charge < -0.3 is 15.1 Å². The molecule has 0 aromatic carbocycles. The van der Waals surface area contributed by atoms with Crippen LogP contribution in [0.1, 0.15) is 30.6 Å². The van der Waals surface area contributed by atoms with Crippen LogP contribution in [0.4, 0.5) is 0 Å². The molecule has 0 saturated carbocycles. The molecule has 5 heteroatoms. The quantitative estimate of drug-likeness (QED) is 0.755. The summed E-state index contributed by atoms with van der Waals surface area (Å²) in [5, 5.41) is 19.1. The summed E-state index contributed by atoms with van der Waals surface area (Å²) in [6.45, 7) is 4.18. The zero-order chi connectivity index (χ0) is 12.6. The van der Waals surface area contributed by atoms with Crippen LogP contribution in [0, 0.1) is 0 Å². The smallest absolute Gasteiger partial charge is 0.256 e. The molecule has 1 atom stereocenters. The third-order valence-corrected chi connectivity index (χ3v) is 3.35. The minimum Gasteiger partial charge on any atom is -0.506 e. The molecule has 1 amide bonds. The molecular formula is C12H16N2O3. The van der Waals surface area contributed by atoms with Gasteiger partial charge in [0, 0.05) is 12.7 Å². The van der Waals surface area contributed by atoms with E-state index in [1.54, 1.807) is 4.90 Å². The third kappa shape index (κ3) is 1.98. The lowest BCUT2D eigenvalue weighted by molar-refractivity contribution is 0.0393. The summed E-state index contributed by atoms with van der Waals surface area (Å²) in [6, 6.07) is 1.39. The van der Waals surface area contributed by atoms with E-state index < -0.39 is 11.6 Å². The van der Waals surface area contributed by atoms with E-state index in [1.165, 1.54) is 18.5 Å². The second-order valence-corrected chi connectivity index (χ2v) is 4.85. The van der Waals surface area contributed by atoms with Crippen molar-refractivity contribution in [3.05, 3.63) is 24.0 Å². The number of nitrogens with zero attached hydrogens (tertiary/aromatic N) is 2. The van der Waals surface area contributed by atoms with Crippen molar-refractivity contribution in [2.45, 2.75) is 31.9 Å².